The summed E-state index contributed by atoms with van der Waals surface area (Å²) in [7, 11) is 1.72. The lowest BCUT2D eigenvalue weighted by Gasteiger charge is -2.18. The Labute approximate surface area is 121 Å². The molecule has 106 valence electrons. The number of ether oxygens (including phenoxy) is 1. The van der Waals surface area contributed by atoms with Crippen molar-refractivity contribution in [3.05, 3.63) is 64.7 Å². The van der Waals surface area contributed by atoms with Crippen molar-refractivity contribution < 1.29 is 4.74 Å². The highest BCUT2D eigenvalue weighted by molar-refractivity contribution is 5.36. The molecule has 1 atom stereocenters. The molecule has 0 spiro atoms. The third-order valence-corrected chi connectivity index (χ3v) is 3.70. The van der Waals surface area contributed by atoms with Crippen molar-refractivity contribution >= 4 is 0 Å². The highest BCUT2D eigenvalue weighted by atomic mass is 16.5. The van der Waals surface area contributed by atoms with Crippen LogP contribution in [0.2, 0.25) is 0 Å². The lowest BCUT2D eigenvalue weighted by Crippen LogP contribution is -2.19. The molecule has 0 radical (unpaired) electrons. The molecule has 2 rings (SSSR count). The van der Waals surface area contributed by atoms with E-state index in [4.69, 9.17) is 4.74 Å². The molecule has 2 nitrogen and oxygen atoms in total. The Morgan fingerprint density at radius 2 is 1.85 bits per heavy atom. The van der Waals surface area contributed by atoms with E-state index in [-0.39, 0.29) is 6.04 Å². The van der Waals surface area contributed by atoms with Crippen molar-refractivity contribution in [2.75, 3.05) is 7.11 Å². The second-order valence-electron chi connectivity index (χ2n) is 5.27. The summed E-state index contributed by atoms with van der Waals surface area (Å²) in [5.74, 6) is 0.938. The number of para-hydroxylation sites is 1. The van der Waals surface area contributed by atoms with Crippen molar-refractivity contribution in [3.63, 3.8) is 0 Å². The van der Waals surface area contributed by atoms with Gasteiger partial charge in [0.25, 0.3) is 0 Å². The number of hydrogen-bond acceptors (Lipinski definition) is 2. The van der Waals surface area contributed by atoms with Gasteiger partial charge in [-0.1, -0.05) is 42.0 Å². The molecule has 1 N–H and O–H groups in total. The van der Waals surface area contributed by atoms with E-state index in [9.17, 15) is 0 Å². The van der Waals surface area contributed by atoms with Crippen LogP contribution in [0.5, 0.6) is 5.75 Å². The monoisotopic (exact) mass is 269 g/mol. The largest absolute Gasteiger partial charge is 0.496 e. The molecule has 0 aliphatic carbocycles. The van der Waals surface area contributed by atoms with E-state index in [1.165, 1.54) is 22.3 Å². The summed E-state index contributed by atoms with van der Waals surface area (Å²) in [6, 6.07) is 15.0. The Bertz CT molecular complexity index is 577. The molecule has 0 fully saturated rings. The smallest absolute Gasteiger partial charge is 0.123 e. The van der Waals surface area contributed by atoms with Gasteiger partial charge in [0.05, 0.1) is 7.11 Å². The predicted molar refractivity (Wildman–Crippen MR) is 84.2 cm³/mol. The van der Waals surface area contributed by atoms with Gasteiger partial charge < -0.3 is 10.1 Å². The first-order valence-corrected chi connectivity index (χ1v) is 7.04. The molecule has 2 aromatic carbocycles. The fourth-order valence-corrected chi connectivity index (χ4v) is 2.44. The number of hydrogen-bond donors (Lipinski definition) is 1. The van der Waals surface area contributed by atoms with Crippen molar-refractivity contribution in [1.29, 1.82) is 0 Å². The van der Waals surface area contributed by atoms with E-state index in [1.807, 2.05) is 18.2 Å². The number of rotatable bonds is 5. The highest BCUT2D eigenvalue weighted by Crippen LogP contribution is 2.24. The third kappa shape index (κ3) is 3.40. The van der Waals surface area contributed by atoms with Gasteiger partial charge in [-0.15, -0.1) is 0 Å². The lowest BCUT2D eigenvalue weighted by molar-refractivity contribution is 0.401. The van der Waals surface area contributed by atoms with Crippen molar-refractivity contribution in [2.24, 2.45) is 0 Å². The standard InChI is InChI=1S/C18H23NO/c1-13-9-10-16(14(2)11-13)12-19-15(3)17-7-5-6-8-18(17)20-4/h5-11,15,19H,12H2,1-4H3. The van der Waals surface area contributed by atoms with Crippen LogP contribution in [0.4, 0.5) is 0 Å². The average molecular weight is 269 g/mol. The van der Waals surface area contributed by atoms with Gasteiger partial charge >= 0.3 is 0 Å². The van der Waals surface area contributed by atoms with Crippen LogP contribution < -0.4 is 10.1 Å². The Morgan fingerprint density at radius 3 is 2.55 bits per heavy atom. The zero-order valence-electron chi connectivity index (χ0n) is 12.7. The molecule has 0 amide bonds. The normalized spacial score (nSPS) is 12.2. The van der Waals surface area contributed by atoms with Crippen LogP contribution in [-0.2, 0) is 6.54 Å². The van der Waals surface area contributed by atoms with Crippen LogP contribution in [0, 0.1) is 13.8 Å². The van der Waals surface area contributed by atoms with Crippen molar-refractivity contribution in [3.8, 4) is 5.75 Å². The summed E-state index contributed by atoms with van der Waals surface area (Å²) >= 11 is 0. The zero-order chi connectivity index (χ0) is 14.5. The first-order valence-electron chi connectivity index (χ1n) is 7.04. The van der Waals surface area contributed by atoms with E-state index in [2.05, 4.69) is 50.4 Å². The molecule has 2 aromatic rings. The minimum absolute atomic E-state index is 0.256. The topological polar surface area (TPSA) is 21.3 Å². The molecule has 2 heteroatoms. The lowest BCUT2D eigenvalue weighted by atomic mass is 10.0. The summed E-state index contributed by atoms with van der Waals surface area (Å²) in [5.41, 5.74) is 5.19. The Morgan fingerprint density at radius 1 is 1.10 bits per heavy atom. The third-order valence-electron chi connectivity index (χ3n) is 3.70. The molecule has 0 saturated carbocycles. The second kappa shape index (κ2) is 6.58. The van der Waals surface area contributed by atoms with Gasteiger partial charge in [-0.25, -0.2) is 0 Å². The van der Waals surface area contributed by atoms with Crippen LogP contribution in [0.25, 0.3) is 0 Å². The fraction of sp³-hybridized carbons (Fsp3) is 0.333. The molecular weight excluding hydrogens is 246 g/mol. The summed E-state index contributed by atoms with van der Waals surface area (Å²) in [4.78, 5) is 0. The highest BCUT2D eigenvalue weighted by Gasteiger charge is 2.10. The van der Waals surface area contributed by atoms with Gasteiger partial charge in [-0.05, 0) is 38.0 Å². The van der Waals surface area contributed by atoms with Crippen LogP contribution in [0.3, 0.4) is 0 Å². The van der Waals surface area contributed by atoms with E-state index >= 15 is 0 Å². The maximum absolute atomic E-state index is 5.42. The minimum Gasteiger partial charge on any atom is -0.496 e. The molecule has 20 heavy (non-hydrogen) atoms. The number of nitrogens with one attached hydrogen (secondary N) is 1. The summed E-state index contributed by atoms with van der Waals surface area (Å²) < 4.78 is 5.42. The van der Waals surface area contributed by atoms with Gasteiger partial charge in [0.2, 0.25) is 0 Å². The number of benzene rings is 2. The maximum atomic E-state index is 5.42. The molecule has 0 aliphatic heterocycles. The maximum Gasteiger partial charge on any atom is 0.123 e. The zero-order valence-corrected chi connectivity index (χ0v) is 12.7. The van der Waals surface area contributed by atoms with Crippen LogP contribution >= 0.6 is 0 Å². The Hall–Kier alpha value is -1.80. The summed E-state index contributed by atoms with van der Waals surface area (Å²) in [6.07, 6.45) is 0. The minimum atomic E-state index is 0.256. The van der Waals surface area contributed by atoms with Gasteiger partial charge in [0.1, 0.15) is 5.75 Å². The van der Waals surface area contributed by atoms with Crippen LogP contribution in [0.1, 0.15) is 35.2 Å². The van der Waals surface area contributed by atoms with E-state index < -0.39 is 0 Å². The van der Waals surface area contributed by atoms with Crippen molar-refractivity contribution in [2.45, 2.75) is 33.4 Å². The average Bonchev–Trinajstić information content (AvgIpc) is 2.46. The van der Waals surface area contributed by atoms with Gasteiger partial charge in [0, 0.05) is 18.2 Å². The van der Waals surface area contributed by atoms with Crippen molar-refractivity contribution in [1.82, 2.24) is 5.32 Å². The molecule has 0 bridgehead atoms. The van der Waals surface area contributed by atoms with Crippen LogP contribution in [0.15, 0.2) is 42.5 Å². The second-order valence-corrected chi connectivity index (χ2v) is 5.27. The summed E-state index contributed by atoms with van der Waals surface area (Å²) in [6.45, 7) is 7.33. The first kappa shape index (κ1) is 14.6. The molecular formula is C18H23NO. The summed E-state index contributed by atoms with van der Waals surface area (Å²) in [5, 5.41) is 3.57. The van der Waals surface area contributed by atoms with Gasteiger partial charge in [0.15, 0.2) is 0 Å². The van der Waals surface area contributed by atoms with E-state index in [0.29, 0.717) is 0 Å². The molecule has 0 saturated heterocycles. The molecule has 0 aliphatic rings. The SMILES string of the molecule is COc1ccccc1C(C)NCc1ccc(C)cc1C. The van der Waals surface area contributed by atoms with E-state index in [1.54, 1.807) is 7.11 Å². The fourth-order valence-electron chi connectivity index (χ4n) is 2.44. The Kier molecular flexibility index (Phi) is 4.80. The molecule has 1 unspecified atom stereocenters. The number of aryl methyl sites for hydroxylation is 2. The Balaban J connectivity index is 2.06. The quantitative estimate of drug-likeness (QED) is 0.880. The number of methoxy groups -OCH3 is 1. The first-order chi connectivity index (χ1) is 9.61. The molecule has 0 aromatic heterocycles. The predicted octanol–water partition coefficient (Wildman–Crippen LogP) is 4.16. The molecule has 0 heterocycles. The van der Waals surface area contributed by atoms with E-state index in [0.717, 1.165) is 12.3 Å². The van der Waals surface area contributed by atoms with Gasteiger partial charge in [-0.3, -0.25) is 0 Å². The van der Waals surface area contributed by atoms with Gasteiger partial charge in [-0.2, -0.15) is 0 Å². The van der Waals surface area contributed by atoms with Crippen LogP contribution in [-0.4, -0.2) is 7.11 Å².